The van der Waals surface area contributed by atoms with Gasteiger partial charge in [-0.2, -0.15) is 0 Å². The topological polar surface area (TPSA) is 74.5 Å². The van der Waals surface area contributed by atoms with Crippen molar-refractivity contribution < 1.29 is 5.11 Å². The molecule has 1 saturated heterocycles. The third-order valence-electron chi connectivity index (χ3n) is 4.77. The fourth-order valence-corrected chi connectivity index (χ4v) is 3.13. The van der Waals surface area contributed by atoms with Crippen LogP contribution in [0.2, 0.25) is 0 Å². The summed E-state index contributed by atoms with van der Waals surface area (Å²) in [5.74, 6) is 1.27. The first kappa shape index (κ1) is 17.2. The first-order valence-corrected chi connectivity index (χ1v) is 8.89. The molecule has 7 nitrogen and oxygen atoms in total. The molecule has 0 bridgehead atoms. The van der Waals surface area contributed by atoms with Gasteiger partial charge >= 0.3 is 0 Å². The van der Waals surface area contributed by atoms with Crippen molar-refractivity contribution >= 4 is 5.82 Å². The minimum absolute atomic E-state index is 0.306. The first-order valence-electron chi connectivity index (χ1n) is 8.89. The number of rotatable bonds is 3. The number of likely N-dealkylation sites (N-methyl/N-ethyl adjacent to an activating group) is 1. The molecule has 3 aromatic heterocycles. The van der Waals surface area contributed by atoms with E-state index in [0.717, 1.165) is 43.3 Å². The average molecular weight is 363 g/mol. The van der Waals surface area contributed by atoms with Gasteiger partial charge < -0.3 is 19.5 Å². The van der Waals surface area contributed by atoms with Crippen molar-refractivity contribution in [2.24, 2.45) is 0 Å². The third kappa shape index (κ3) is 3.68. The number of aromatic nitrogens is 3. The van der Waals surface area contributed by atoms with Crippen molar-refractivity contribution in [2.75, 3.05) is 38.1 Å². The van der Waals surface area contributed by atoms with Gasteiger partial charge in [0.2, 0.25) is 5.43 Å². The summed E-state index contributed by atoms with van der Waals surface area (Å²) < 4.78 is 1.62. The zero-order valence-corrected chi connectivity index (χ0v) is 15.1. The highest BCUT2D eigenvalue weighted by atomic mass is 16.3. The highest BCUT2D eigenvalue weighted by molar-refractivity contribution is 5.63. The second-order valence-electron chi connectivity index (χ2n) is 6.68. The van der Waals surface area contributed by atoms with Gasteiger partial charge in [0.25, 0.3) is 0 Å². The number of hydrogen-bond acceptors (Lipinski definition) is 6. The fraction of sp³-hybridized carbons (Fsp3) is 0.250. The molecule has 0 unspecified atom stereocenters. The maximum atomic E-state index is 11.4. The van der Waals surface area contributed by atoms with Gasteiger partial charge in [-0.05, 0) is 31.3 Å². The number of piperazine rings is 1. The predicted octanol–water partition coefficient (Wildman–Crippen LogP) is 1.75. The van der Waals surface area contributed by atoms with E-state index in [1.54, 1.807) is 17.0 Å². The second kappa shape index (κ2) is 7.20. The standard InChI is InChI=1S/C20H21N5O2/c1-23-9-11-24(12-10-23)19-4-2-3-16(22-19)15-5-7-21-20(13-15)25-8-6-17(26)18(27)14-25/h2-8,13-14,27H,9-12H2,1H3. The van der Waals surface area contributed by atoms with E-state index >= 15 is 0 Å². The minimum Gasteiger partial charge on any atom is -0.503 e. The van der Waals surface area contributed by atoms with Gasteiger partial charge in [-0.15, -0.1) is 0 Å². The Bertz CT molecular complexity index is 1010. The summed E-state index contributed by atoms with van der Waals surface area (Å²) in [5, 5.41) is 9.66. The van der Waals surface area contributed by atoms with Gasteiger partial charge in [0.1, 0.15) is 11.6 Å². The molecule has 3 aromatic rings. The van der Waals surface area contributed by atoms with Gasteiger partial charge in [-0.1, -0.05) is 6.07 Å². The number of anilines is 1. The summed E-state index contributed by atoms with van der Waals surface area (Å²) in [6.45, 7) is 3.98. The lowest BCUT2D eigenvalue weighted by Crippen LogP contribution is -2.44. The highest BCUT2D eigenvalue weighted by Gasteiger charge is 2.15. The number of aromatic hydroxyl groups is 1. The number of hydrogen-bond donors (Lipinski definition) is 1. The summed E-state index contributed by atoms with van der Waals surface area (Å²) in [6, 6.07) is 11.1. The van der Waals surface area contributed by atoms with Gasteiger partial charge in [0.05, 0.1) is 11.9 Å². The van der Waals surface area contributed by atoms with Crippen molar-refractivity contribution in [1.82, 2.24) is 19.4 Å². The molecule has 4 heterocycles. The van der Waals surface area contributed by atoms with Crippen molar-refractivity contribution in [2.45, 2.75) is 0 Å². The van der Waals surface area contributed by atoms with Crippen LogP contribution in [0.1, 0.15) is 0 Å². The highest BCUT2D eigenvalue weighted by Crippen LogP contribution is 2.23. The summed E-state index contributed by atoms with van der Waals surface area (Å²) in [7, 11) is 2.13. The largest absolute Gasteiger partial charge is 0.503 e. The molecule has 0 aliphatic carbocycles. The Morgan fingerprint density at radius 3 is 2.63 bits per heavy atom. The normalized spacial score (nSPS) is 15.1. The van der Waals surface area contributed by atoms with Crippen LogP contribution in [0.25, 0.3) is 17.1 Å². The number of nitrogens with zero attached hydrogens (tertiary/aromatic N) is 5. The van der Waals surface area contributed by atoms with E-state index in [0.29, 0.717) is 5.82 Å². The van der Waals surface area contributed by atoms with Crippen LogP contribution in [-0.4, -0.2) is 57.8 Å². The molecule has 0 spiro atoms. The van der Waals surface area contributed by atoms with Gasteiger partial charge in [0, 0.05) is 50.2 Å². The van der Waals surface area contributed by atoms with Crippen LogP contribution in [0.4, 0.5) is 5.82 Å². The summed E-state index contributed by atoms with van der Waals surface area (Å²) in [4.78, 5) is 25.2. The Morgan fingerprint density at radius 2 is 1.85 bits per heavy atom. The molecule has 1 N–H and O–H groups in total. The van der Waals surface area contributed by atoms with Crippen molar-refractivity contribution in [3.8, 4) is 22.8 Å². The van der Waals surface area contributed by atoms with Crippen LogP contribution in [0, 0.1) is 0 Å². The lowest BCUT2D eigenvalue weighted by atomic mass is 10.1. The molecule has 7 heteroatoms. The fourth-order valence-electron chi connectivity index (χ4n) is 3.13. The minimum atomic E-state index is -0.413. The van der Waals surface area contributed by atoms with Gasteiger partial charge in [-0.25, -0.2) is 9.97 Å². The molecule has 0 amide bonds. The third-order valence-corrected chi connectivity index (χ3v) is 4.77. The number of pyridine rings is 3. The molecule has 27 heavy (non-hydrogen) atoms. The molecular weight excluding hydrogens is 342 g/mol. The quantitative estimate of drug-likeness (QED) is 0.764. The van der Waals surface area contributed by atoms with Crippen LogP contribution >= 0.6 is 0 Å². The lowest BCUT2D eigenvalue weighted by molar-refractivity contribution is 0.312. The summed E-state index contributed by atoms with van der Waals surface area (Å²) >= 11 is 0. The molecule has 0 atom stereocenters. The lowest BCUT2D eigenvalue weighted by Gasteiger charge is -2.33. The first-order chi connectivity index (χ1) is 13.1. The summed E-state index contributed by atoms with van der Waals surface area (Å²) in [6.07, 6.45) is 4.65. The SMILES string of the molecule is CN1CCN(c2cccc(-c3ccnc(-n4ccc(=O)c(O)c4)c3)n2)CC1. The zero-order chi connectivity index (χ0) is 18.8. The maximum Gasteiger partial charge on any atom is 0.223 e. The second-order valence-corrected chi connectivity index (χ2v) is 6.68. The molecule has 4 rings (SSSR count). The molecule has 0 saturated carbocycles. The molecule has 1 fully saturated rings. The predicted molar refractivity (Wildman–Crippen MR) is 104 cm³/mol. The molecule has 0 radical (unpaired) electrons. The Kier molecular flexibility index (Phi) is 4.60. The van der Waals surface area contributed by atoms with Gasteiger partial charge in [-0.3, -0.25) is 4.79 Å². The van der Waals surface area contributed by atoms with Crippen molar-refractivity contribution in [1.29, 1.82) is 0 Å². The van der Waals surface area contributed by atoms with Crippen molar-refractivity contribution in [3.63, 3.8) is 0 Å². The van der Waals surface area contributed by atoms with Crippen LogP contribution in [0.3, 0.4) is 0 Å². The van der Waals surface area contributed by atoms with E-state index in [-0.39, 0.29) is 5.75 Å². The zero-order valence-electron chi connectivity index (χ0n) is 15.1. The van der Waals surface area contributed by atoms with E-state index in [1.165, 1.54) is 12.3 Å². The summed E-state index contributed by atoms with van der Waals surface area (Å²) in [5.41, 5.74) is 1.37. The van der Waals surface area contributed by atoms with E-state index in [4.69, 9.17) is 4.98 Å². The van der Waals surface area contributed by atoms with E-state index in [9.17, 15) is 9.90 Å². The molecule has 0 aromatic carbocycles. The molecule has 138 valence electrons. The van der Waals surface area contributed by atoms with Crippen molar-refractivity contribution in [3.05, 3.63) is 65.2 Å². The van der Waals surface area contributed by atoms with Crippen LogP contribution in [-0.2, 0) is 0 Å². The van der Waals surface area contributed by atoms with Crippen LogP contribution in [0.15, 0.2) is 59.8 Å². The Hall–Kier alpha value is -3.19. The Morgan fingerprint density at radius 1 is 1.04 bits per heavy atom. The van der Waals surface area contributed by atoms with E-state index in [1.807, 2.05) is 30.3 Å². The van der Waals surface area contributed by atoms with Gasteiger partial charge in [0.15, 0.2) is 5.75 Å². The molecular formula is C20H21N5O2. The average Bonchev–Trinajstić information content (AvgIpc) is 2.71. The van der Waals surface area contributed by atoms with E-state index < -0.39 is 5.43 Å². The maximum absolute atomic E-state index is 11.4. The molecule has 1 aliphatic heterocycles. The monoisotopic (exact) mass is 363 g/mol. The van der Waals surface area contributed by atoms with E-state index in [2.05, 4.69) is 21.8 Å². The van der Waals surface area contributed by atoms with Crippen LogP contribution in [0.5, 0.6) is 5.75 Å². The van der Waals surface area contributed by atoms with Crippen LogP contribution < -0.4 is 10.3 Å². The smallest absolute Gasteiger partial charge is 0.223 e. The Labute approximate surface area is 157 Å². The molecule has 1 aliphatic rings. The Balaban J connectivity index is 1.65.